The molecule has 2 fully saturated rings. The third-order valence-corrected chi connectivity index (χ3v) is 5.07. The minimum Gasteiger partial charge on any atom is -0.347 e. The number of halogens is 1. The number of nitrogens with one attached hydrogen (secondary N) is 1. The summed E-state index contributed by atoms with van der Waals surface area (Å²) < 4.78 is 0. The van der Waals surface area contributed by atoms with Crippen LogP contribution < -0.4 is 5.32 Å². The van der Waals surface area contributed by atoms with Crippen LogP contribution >= 0.6 is 11.6 Å². The molecule has 2 aliphatic heterocycles. The Bertz CT molecular complexity index is 793. The van der Waals surface area contributed by atoms with Crippen LogP contribution in [0.1, 0.15) is 23.2 Å². The number of amides is 2. The highest BCUT2D eigenvalue weighted by atomic mass is 35.5. The molecule has 5 heteroatoms. The van der Waals surface area contributed by atoms with Gasteiger partial charge in [0.2, 0.25) is 5.91 Å². The van der Waals surface area contributed by atoms with Crippen molar-refractivity contribution in [3.8, 4) is 11.1 Å². The van der Waals surface area contributed by atoms with E-state index in [0.717, 1.165) is 17.5 Å². The van der Waals surface area contributed by atoms with Gasteiger partial charge in [0.05, 0.1) is 5.54 Å². The van der Waals surface area contributed by atoms with Gasteiger partial charge in [-0.1, -0.05) is 35.9 Å². The molecule has 2 aromatic carbocycles. The molecule has 0 radical (unpaired) electrons. The number of benzene rings is 2. The van der Waals surface area contributed by atoms with Crippen LogP contribution in [-0.4, -0.2) is 35.3 Å². The summed E-state index contributed by atoms with van der Waals surface area (Å²) in [5, 5.41) is 3.70. The molecule has 4 nitrogen and oxygen atoms in total. The van der Waals surface area contributed by atoms with Crippen LogP contribution in [0.2, 0.25) is 5.02 Å². The summed E-state index contributed by atoms with van der Waals surface area (Å²) in [5.41, 5.74) is 2.61. The Kier molecular flexibility index (Phi) is 3.57. The SMILES string of the molecule is O=C1CCC2(CN(C(=O)c3ccc(-c4ccc(Cl)cc4)cc3)C2)N1. The second kappa shape index (κ2) is 5.64. The van der Waals surface area contributed by atoms with E-state index < -0.39 is 0 Å². The van der Waals surface area contributed by atoms with Gasteiger partial charge in [-0.15, -0.1) is 0 Å². The quantitative estimate of drug-likeness (QED) is 0.913. The highest BCUT2D eigenvalue weighted by Gasteiger charge is 2.49. The summed E-state index contributed by atoms with van der Waals surface area (Å²) in [5.74, 6) is 0.110. The predicted molar refractivity (Wildman–Crippen MR) is 92.9 cm³/mol. The fraction of sp³-hybridized carbons (Fsp3) is 0.263. The van der Waals surface area contributed by atoms with Gasteiger partial charge < -0.3 is 10.2 Å². The lowest BCUT2D eigenvalue weighted by atomic mass is 9.87. The molecule has 0 atom stereocenters. The standard InChI is InChI=1S/C19H17ClN2O2/c20-16-7-5-14(6-8-16)13-1-3-15(4-2-13)18(24)22-11-19(12-22)10-9-17(23)21-19/h1-8H,9-12H2,(H,21,23). The number of hydrogen-bond acceptors (Lipinski definition) is 2. The maximum Gasteiger partial charge on any atom is 0.254 e. The molecule has 4 rings (SSSR count). The first-order valence-electron chi connectivity index (χ1n) is 8.01. The number of carbonyl (C=O) groups excluding carboxylic acids is 2. The molecule has 1 spiro atoms. The van der Waals surface area contributed by atoms with Crippen molar-refractivity contribution in [3.05, 3.63) is 59.1 Å². The van der Waals surface area contributed by atoms with Crippen molar-refractivity contribution < 1.29 is 9.59 Å². The topological polar surface area (TPSA) is 49.4 Å². The molecule has 0 unspecified atom stereocenters. The molecule has 24 heavy (non-hydrogen) atoms. The molecule has 2 heterocycles. The summed E-state index contributed by atoms with van der Waals surface area (Å²) in [7, 11) is 0. The molecule has 0 saturated carbocycles. The lowest BCUT2D eigenvalue weighted by molar-refractivity contribution is -0.120. The number of carbonyl (C=O) groups is 2. The Balaban J connectivity index is 1.44. The lowest BCUT2D eigenvalue weighted by Gasteiger charge is -2.47. The van der Waals surface area contributed by atoms with E-state index in [0.29, 0.717) is 30.1 Å². The van der Waals surface area contributed by atoms with Gasteiger partial charge >= 0.3 is 0 Å². The Morgan fingerprint density at radius 3 is 2.12 bits per heavy atom. The van der Waals surface area contributed by atoms with E-state index in [1.807, 2.05) is 48.5 Å². The first kappa shape index (κ1) is 15.2. The predicted octanol–water partition coefficient (Wildman–Crippen LogP) is 3.11. The summed E-state index contributed by atoms with van der Waals surface area (Å²) in [6, 6.07) is 15.2. The van der Waals surface area contributed by atoms with E-state index in [4.69, 9.17) is 11.6 Å². The number of nitrogens with zero attached hydrogens (tertiary/aromatic N) is 1. The van der Waals surface area contributed by atoms with Gasteiger partial charge in [0.1, 0.15) is 0 Å². The molecule has 2 amide bonds. The smallest absolute Gasteiger partial charge is 0.254 e. The second-order valence-electron chi connectivity index (χ2n) is 6.57. The Hall–Kier alpha value is -2.33. The van der Waals surface area contributed by atoms with Gasteiger partial charge in [0.15, 0.2) is 0 Å². The Labute approximate surface area is 145 Å². The lowest BCUT2D eigenvalue weighted by Crippen LogP contribution is -2.68. The molecule has 2 saturated heterocycles. The number of rotatable bonds is 2. The summed E-state index contributed by atoms with van der Waals surface area (Å²) in [4.78, 5) is 25.7. The monoisotopic (exact) mass is 340 g/mol. The molecule has 1 N–H and O–H groups in total. The van der Waals surface area contributed by atoms with Crippen LogP contribution in [0.4, 0.5) is 0 Å². The maximum atomic E-state index is 12.5. The average Bonchev–Trinajstić information content (AvgIpc) is 2.96. The Morgan fingerprint density at radius 1 is 1.00 bits per heavy atom. The zero-order valence-electron chi connectivity index (χ0n) is 13.1. The molecule has 0 bridgehead atoms. The van der Waals surface area contributed by atoms with Gasteiger partial charge in [0, 0.05) is 30.1 Å². The van der Waals surface area contributed by atoms with E-state index in [1.165, 1.54) is 0 Å². The summed E-state index contributed by atoms with van der Waals surface area (Å²) in [6.45, 7) is 1.22. The van der Waals surface area contributed by atoms with E-state index in [2.05, 4.69) is 5.32 Å². The van der Waals surface area contributed by atoms with Gasteiger partial charge in [-0.25, -0.2) is 0 Å². The van der Waals surface area contributed by atoms with Crippen LogP contribution in [-0.2, 0) is 4.79 Å². The molecule has 122 valence electrons. The van der Waals surface area contributed by atoms with Gasteiger partial charge in [-0.2, -0.15) is 0 Å². The van der Waals surface area contributed by atoms with Crippen LogP contribution in [0, 0.1) is 0 Å². The van der Waals surface area contributed by atoms with Crippen LogP contribution in [0.15, 0.2) is 48.5 Å². The number of likely N-dealkylation sites (tertiary alicyclic amines) is 1. The van der Waals surface area contributed by atoms with Gasteiger partial charge in [-0.05, 0) is 41.8 Å². The largest absolute Gasteiger partial charge is 0.347 e. The number of hydrogen-bond donors (Lipinski definition) is 1. The van der Waals surface area contributed by atoms with Crippen LogP contribution in [0.3, 0.4) is 0 Å². The zero-order chi connectivity index (χ0) is 16.7. The van der Waals surface area contributed by atoms with Crippen molar-refractivity contribution in [1.82, 2.24) is 10.2 Å². The zero-order valence-corrected chi connectivity index (χ0v) is 13.8. The van der Waals surface area contributed by atoms with Crippen molar-refractivity contribution in [2.24, 2.45) is 0 Å². The second-order valence-corrected chi connectivity index (χ2v) is 7.01. The maximum absolute atomic E-state index is 12.5. The van der Waals surface area contributed by atoms with Crippen LogP contribution in [0.25, 0.3) is 11.1 Å². The first-order valence-corrected chi connectivity index (χ1v) is 8.39. The highest BCUT2D eigenvalue weighted by Crippen LogP contribution is 2.31. The van der Waals surface area contributed by atoms with Gasteiger partial charge in [0.25, 0.3) is 5.91 Å². The third-order valence-electron chi connectivity index (χ3n) is 4.82. The Morgan fingerprint density at radius 2 is 1.58 bits per heavy atom. The van der Waals surface area contributed by atoms with Crippen LogP contribution in [0.5, 0.6) is 0 Å². The fourth-order valence-corrected chi connectivity index (χ4v) is 3.59. The highest BCUT2D eigenvalue weighted by molar-refractivity contribution is 6.30. The minimum atomic E-state index is -0.171. The van der Waals surface area contributed by atoms with Crippen molar-refractivity contribution in [1.29, 1.82) is 0 Å². The van der Waals surface area contributed by atoms with Gasteiger partial charge in [-0.3, -0.25) is 9.59 Å². The molecule has 0 aromatic heterocycles. The fourth-order valence-electron chi connectivity index (χ4n) is 3.47. The van der Waals surface area contributed by atoms with E-state index in [9.17, 15) is 9.59 Å². The minimum absolute atomic E-state index is 0.0180. The first-order chi connectivity index (χ1) is 11.5. The van der Waals surface area contributed by atoms with E-state index in [1.54, 1.807) is 4.90 Å². The van der Waals surface area contributed by atoms with Crippen molar-refractivity contribution in [3.63, 3.8) is 0 Å². The molecular weight excluding hydrogens is 324 g/mol. The normalized spacial score (nSPS) is 18.4. The summed E-state index contributed by atoms with van der Waals surface area (Å²) >= 11 is 5.91. The van der Waals surface area contributed by atoms with Crippen molar-refractivity contribution in [2.45, 2.75) is 18.4 Å². The molecular formula is C19H17ClN2O2. The molecule has 2 aliphatic rings. The third kappa shape index (κ3) is 2.67. The molecule has 2 aromatic rings. The van der Waals surface area contributed by atoms with Crippen molar-refractivity contribution >= 4 is 23.4 Å². The van der Waals surface area contributed by atoms with E-state index in [-0.39, 0.29) is 17.4 Å². The van der Waals surface area contributed by atoms with Crippen molar-refractivity contribution in [2.75, 3.05) is 13.1 Å². The average molecular weight is 341 g/mol. The molecule has 0 aliphatic carbocycles. The van der Waals surface area contributed by atoms with E-state index >= 15 is 0 Å². The summed E-state index contributed by atoms with van der Waals surface area (Å²) in [6.07, 6.45) is 1.39.